The molecule has 0 unspecified atom stereocenters. The zero-order valence-electron chi connectivity index (χ0n) is 14.6. The predicted octanol–water partition coefficient (Wildman–Crippen LogP) is 4.34. The van der Waals surface area contributed by atoms with Crippen molar-refractivity contribution < 1.29 is 9.53 Å². The SMILES string of the molecule is O=C(C1CCOCC1)n1nc(-c2ccccn2)cc1NCc1ccc(Cl)s1. The monoisotopic (exact) mass is 402 g/mol. The standard InChI is InChI=1S/C19H19ClN4O2S/c20-17-5-4-14(27-17)12-22-18-11-16(15-3-1-2-8-21-15)23-24(18)19(25)13-6-9-26-10-7-13/h1-5,8,11,13,22H,6-7,9-10,12H2. The van der Waals surface area contributed by atoms with Crippen molar-refractivity contribution in [2.24, 2.45) is 5.92 Å². The van der Waals surface area contributed by atoms with Gasteiger partial charge in [0.1, 0.15) is 11.5 Å². The van der Waals surface area contributed by atoms with E-state index in [0.29, 0.717) is 31.3 Å². The van der Waals surface area contributed by atoms with Gasteiger partial charge in [-0.2, -0.15) is 9.78 Å². The lowest BCUT2D eigenvalue weighted by Crippen LogP contribution is -2.29. The Hall–Kier alpha value is -2.22. The number of ether oxygens (including phenoxy) is 1. The molecule has 0 radical (unpaired) electrons. The van der Waals surface area contributed by atoms with E-state index in [1.54, 1.807) is 6.20 Å². The third kappa shape index (κ3) is 4.21. The van der Waals surface area contributed by atoms with E-state index in [0.717, 1.165) is 27.7 Å². The van der Waals surface area contributed by atoms with Crippen LogP contribution in [-0.4, -0.2) is 33.9 Å². The minimum Gasteiger partial charge on any atom is -0.381 e. The molecule has 1 aliphatic rings. The molecule has 3 aromatic heterocycles. The highest BCUT2D eigenvalue weighted by molar-refractivity contribution is 7.16. The summed E-state index contributed by atoms with van der Waals surface area (Å²) < 4.78 is 7.60. The zero-order valence-corrected chi connectivity index (χ0v) is 16.2. The van der Waals surface area contributed by atoms with E-state index in [9.17, 15) is 4.79 Å². The predicted molar refractivity (Wildman–Crippen MR) is 106 cm³/mol. The molecule has 0 atom stereocenters. The molecular weight excluding hydrogens is 384 g/mol. The summed E-state index contributed by atoms with van der Waals surface area (Å²) in [5, 5.41) is 7.88. The third-order valence-corrected chi connectivity index (χ3v) is 5.72. The van der Waals surface area contributed by atoms with Crippen molar-refractivity contribution in [3.8, 4) is 11.4 Å². The fraction of sp³-hybridized carbons (Fsp3) is 0.316. The molecule has 0 aliphatic carbocycles. The lowest BCUT2D eigenvalue weighted by atomic mass is 10.00. The quantitative estimate of drug-likeness (QED) is 0.687. The van der Waals surface area contributed by atoms with Gasteiger partial charge in [-0.3, -0.25) is 9.78 Å². The smallest absolute Gasteiger partial charge is 0.252 e. The Bertz CT molecular complexity index is 919. The van der Waals surface area contributed by atoms with Crippen LogP contribution in [0.1, 0.15) is 22.5 Å². The van der Waals surface area contributed by atoms with E-state index in [2.05, 4.69) is 15.4 Å². The number of anilines is 1. The molecule has 4 rings (SSSR count). The lowest BCUT2D eigenvalue weighted by Gasteiger charge is -2.21. The molecule has 27 heavy (non-hydrogen) atoms. The van der Waals surface area contributed by atoms with Crippen LogP contribution >= 0.6 is 22.9 Å². The second kappa shape index (κ2) is 8.21. The Morgan fingerprint density at radius 1 is 1.26 bits per heavy atom. The summed E-state index contributed by atoms with van der Waals surface area (Å²) in [5.74, 6) is 0.579. The first-order valence-corrected chi connectivity index (χ1v) is 10.0. The van der Waals surface area contributed by atoms with E-state index in [4.69, 9.17) is 16.3 Å². The van der Waals surface area contributed by atoms with Gasteiger partial charge in [-0.05, 0) is 37.1 Å². The number of hydrogen-bond acceptors (Lipinski definition) is 6. The molecule has 0 bridgehead atoms. The largest absolute Gasteiger partial charge is 0.381 e. The third-order valence-electron chi connectivity index (χ3n) is 4.49. The first-order chi connectivity index (χ1) is 13.2. The Morgan fingerprint density at radius 2 is 2.11 bits per heavy atom. The average Bonchev–Trinajstić information content (AvgIpc) is 3.33. The number of thiophene rings is 1. The maximum absolute atomic E-state index is 13.0. The molecule has 1 saturated heterocycles. The van der Waals surface area contributed by atoms with Crippen LogP contribution in [-0.2, 0) is 11.3 Å². The molecular formula is C19H19ClN4O2S. The van der Waals surface area contributed by atoms with Gasteiger partial charge in [-0.15, -0.1) is 11.3 Å². The second-order valence-corrected chi connectivity index (χ2v) is 8.13. The maximum Gasteiger partial charge on any atom is 0.252 e. The number of carbonyl (C=O) groups is 1. The van der Waals surface area contributed by atoms with Crippen LogP contribution in [0.2, 0.25) is 4.34 Å². The molecule has 0 spiro atoms. The van der Waals surface area contributed by atoms with E-state index < -0.39 is 0 Å². The molecule has 1 fully saturated rings. The lowest BCUT2D eigenvalue weighted by molar-refractivity contribution is 0.0477. The minimum absolute atomic E-state index is 0.00723. The fourth-order valence-corrected chi connectivity index (χ4v) is 4.08. The van der Waals surface area contributed by atoms with Crippen molar-refractivity contribution in [1.82, 2.24) is 14.8 Å². The Kier molecular flexibility index (Phi) is 5.52. The summed E-state index contributed by atoms with van der Waals surface area (Å²) in [5.41, 5.74) is 1.40. The highest BCUT2D eigenvalue weighted by atomic mass is 35.5. The summed E-state index contributed by atoms with van der Waals surface area (Å²) in [6.07, 6.45) is 3.16. The van der Waals surface area contributed by atoms with Crippen molar-refractivity contribution in [2.45, 2.75) is 19.4 Å². The number of rotatable bonds is 5. The van der Waals surface area contributed by atoms with Crippen LogP contribution in [0.5, 0.6) is 0 Å². The van der Waals surface area contributed by atoms with Crippen LogP contribution in [0.3, 0.4) is 0 Å². The number of hydrogen-bond donors (Lipinski definition) is 1. The van der Waals surface area contributed by atoms with E-state index in [1.807, 2.05) is 36.4 Å². The molecule has 4 heterocycles. The Labute approximate surface area is 166 Å². The molecule has 1 aliphatic heterocycles. The normalized spacial score (nSPS) is 15.0. The number of aromatic nitrogens is 3. The van der Waals surface area contributed by atoms with E-state index >= 15 is 0 Å². The molecule has 0 aromatic carbocycles. The topological polar surface area (TPSA) is 69.0 Å². The first-order valence-electron chi connectivity index (χ1n) is 8.82. The summed E-state index contributed by atoms with van der Waals surface area (Å²) in [6.45, 7) is 1.80. The summed E-state index contributed by atoms with van der Waals surface area (Å²) in [6, 6.07) is 11.4. The van der Waals surface area contributed by atoms with E-state index in [-0.39, 0.29) is 11.8 Å². The molecule has 0 amide bonds. The van der Waals surface area contributed by atoms with Gasteiger partial charge in [0.25, 0.3) is 5.91 Å². The second-order valence-electron chi connectivity index (χ2n) is 6.33. The van der Waals surface area contributed by atoms with Gasteiger partial charge < -0.3 is 10.1 Å². The van der Waals surface area contributed by atoms with Crippen molar-refractivity contribution in [3.05, 3.63) is 51.8 Å². The molecule has 140 valence electrons. The summed E-state index contributed by atoms with van der Waals surface area (Å²) >= 11 is 7.52. The number of halogens is 1. The van der Waals surface area contributed by atoms with Crippen LogP contribution in [0.15, 0.2) is 42.6 Å². The van der Waals surface area contributed by atoms with Crippen molar-refractivity contribution in [2.75, 3.05) is 18.5 Å². The van der Waals surface area contributed by atoms with Crippen LogP contribution < -0.4 is 5.32 Å². The zero-order chi connectivity index (χ0) is 18.6. The van der Waals surface area contributed by atoms with Gasteiger partial charge in [0.05, 0.1) is 16.6 Å². The molecule has 3 aromatic rings. The highest BCUT2D eigenvalue weighted by Crippen LogP contribution is 2.26. The number of nitrogens with zero attached hydrogens (tertiary/aromatic N) is 3. The number of carbonyl (C=O) groups excluding carboxylic acids is 1. The molecule has 1 N–H and O–H groups in total. The van der Waals surface area contributed by atoms with Crippen LogP contribution in [0, 0.1) is 5.92 Å². The van der Waals surface area contributed by atoms with Gasteiger partial charge in [0.15, 0.2) is 0 Å². The first kappa shape index (κ1) is 18.2. The minimum atomic E-state index is -0.0769. The van der Waals surface area contributed by atoms with Crippen molar-refractivity contribution >= 4 is 34.7 Å². The van der Waals surface area contributed by atoms with Gasteiger partial charge in [-0.1, -0.05) is 17.7 Å². The highest BCUT2D eigenvalue weighted by Gasteiger charge is 2.26. The molecule has 6 nitrogen and oxygen atoms in total. The van der Waals surface area contributed by atoms with Crippen LogP contribution in [0.25, 0.3) is 11.4 Å². The summed E-state index contributed by atoms with van der Waals surface area (Å²) in [4.78, 5) is 18.5. The summed E-state index contributed by atoms with van der Waals surface area (Å²) in [7, 11) is 0. The van der Waals surface area contributed by atoms with Crippen molar-refractivity contribution in [3.63, 3.8) is 0 Å². The number of pyridine rings is 1. The Balaban J connectivity index is 1.62. The number of nitrogens with one attached hydrogen (secondary N) is 1. The van der Waals surface area contributed by atoms with Gasteiger partial charge in [-0.25, -0.2) is 0 Å². The molecule has 8 heteroatoms. The van der Waals surface area contributed by atoms with Gasteiger partial charge in [0.2, 0.25) is 0 Å². The van der Waals surface area contributed by atoms with Gasteiger partial charge >= 0.3 is 0 Å². The fourth-order valence-electron chi connectivity index (χ4n) is 3.06. The maximum atomic E-state index is 13.0. The van der Waals surface area contributed by atoms with Crippen molar-refractivity contribution in [1.29, 1.82) is 0 Å². The van der Waals surface area contributed by atoms with E-state index in [1.165, 1.54) is 16.0 Å². The molecule has 0 saturated carbocycles. The van der Waals surface area contributed by atoms with Gasteiger partial charge in [0, 0.05) is 36.3 Å². The Morgan fingerprint density at radius 3 is 2.81 bits per heavy atom. The van der Waals surface area contributed by atoms with Crippen LogP contribution in [0.4, 0.5) is 5.82 Å². The average molecular weight is 403 g/mol.